The van der Waals surface area contributed by atoms with Gasteiger partial charge in [0.25, 0.3) is 0 Å². The van der Waals surface area contributed by atoms with E-state index in [9.17, 15) is 9.18 Å². The third kappa shape index (κ3) is 4.58. The Morgan fingerprint density at radius 1 is 1.06 bits per heavy atom. The van der Waals surface area contributed by atoms with Crippen molar-refractivity contribution in [3.63, 3.8) is 0 Å². The Labute approximate surface area is 198 Å². The lowest BCUT2D eigenvalue weighted by Crippen LogP contribution is -2.48. The van der Waals surface area contributed by atoms with E-state index in [0.29, 0.717) is 26.2 Å². The van der Waals surface area contributed by atoms with Gasteiger partial charge in [0, 0.05) is 31.7 Å². The molecular formula is C24H24Cl2FN3O2. The quantitative estimate of drug-likeness (QED) is 0.581. The van der Waals surface area contributed by atoms with E-state index in [1.54, 1.807) is 11.1 Å². The van der Waals surface area contributed by atoms with Crippen LogP contribution >= 0.6 is 24.8 Å². The number of pyridine rings is 1. The number of benzene rings is 2. The van der Waals surface area contributed by atoms with Gasteiger partial charge >= 0.3 is 6.09 Å². The standard InChI is InChI=1S/C24H22FN3O2.2ClH/c25-17-11-16(12-26-13-17)23-14-28(10-9-27-23)24(29)30-15-22-20-7-3-1-5-18(20)19-6-2-4-8-21(19)22;;/h1-8,11-13,22-23,27H,9-10,14-15H2;2*1H. The van der Waals surface area contributed by atoms with Gasteiger partial charge in [-0.2, -0.15) is 0 Å². The molecule has 1 unspecified atom stereocenters. The molecule has 1 aliphatic heterocycles. The fourth-order valence-corrected chi connectivity index (χ4v) is 4.44. The van der Waals surface area contributed by atoms with E-state index < -0.39 is 0 Å². The highest BCUT2D eigenvalue weighted by molar-refractivity contribution is 5.85. The van der Waals surface area contributed by atoms with E-state index in [-0.39, 0.29) is 48.7 Å². The summed E-state index contributed by atoms with van der Waals surface area (Å²) in [5.41, 5.74) is 5.52. The minimum Gasteiger partial charge on any atom is -0.448 e. The molecule has 1 amide bonds. The number of halogens is 3. The van der Waals surface area contributed by atoms with Crippen molar-refractivity contribution in [1.82, 2.24) is 15.2 Å². The van der Waals surface area contributed by atoms with Crippen LogP contribution in [0.1, 0.15) is 28.7 Å². The number of nitrogens with zero attached hydrogens (tertiary/aromatic N) is 2. The molecule has 5 nitrogen and oxygen atoms in total. The third-order valence-corrected chi connectivity index (χ3v) is 5.90. The summed E-state index contributed by atoms with van der Waals surface area (Å²) in [5, 5.41) is 3.31. The van der Waals surface area contributed by atoms with E-state index in [1.807, 2.05) is 24.3 Å². The highest BCUT2D eigenvalue weighted by Gasteiger charge is 2.31. The van der Waals surface area contributed by atoms with Crippen molar-refractivity contribution in [3.8, 4) is 11.1 Å². The molecule has 1 fully saturated rings. The first-order chi connectivity index (χ1) is 14.7. The Morgan fingerprint density at radius 3 is 2.38 bits per heavy atom. The first-order valence-electron chi connectivity index (χ1n) is 10.1. The van der Waals surface area contributed by atoms with Crippen LogP contribution in [0.5, 0.6) is 0 Å². The van der Waals surface area contributed by atoms with Gasteiger partial charge in [-0.25, -0.2) is 9.18 Å². The molecule has 0 radical (unpaired) electrons. The SMILES string of the molecule is Cl.Cl.O=C(OCC1c2ccccc2-c2ccccc21)N1CCNC(c2cncc(F)c2)C1. The van der Waals surface area contributed by atoms with Gasteiger partial charge in [0.15, 0.2) is 0 Å². The summed E-state index contributed by atoms with van der Waals surface area (Å²) in [7, 11) is 0. The van der Waals surface area contributed by atoms with E-state index >= 15 is 0 Å². The Hall–Kier alpha value is -2.67. The second-order valence-corrected chi connectivity index (χ2v) is 7.69. The summed E-state index contributed by atoms with van der Waals surface area (Å²) in [4.78, 5) is 18.4. The summed E-state index contributed by atoms with van der Waals surface area (Å²) < 4.78 is 19.3. The molecule has 0 saturated carbocycles. The minimum absolute atomic E-state index is 0. The van der Waals surface area contributed by atoms with E-state index in [2.05, 4.69) is 34.6 Å². The molecule has 0 bridgehead atoms. The topological polar surface area (TPSA) is 54.5 Å². The number of hydrogen-bond donors (Lipinski definition) is 1. The molecule has 168 valence electrons. The number of carbonyl (C=O) groups is 1. The first kappa shape index (κ1) is 24.0. The van der Waals surface area contributed by atoms with Crippen LogP contribution in [-0.2, 0) is 4.74 Å². The first-order valence-corrected chi connectivity index (χ1v) is 10.1. The summed E-state index contributed by atoms with van der Waals surface area (Å²) in [5.74, 6) is -0.347. The molecule has 2 aliphatic rings. The van der Waals surface area contributed by atoms with Crippen molar-refractivity contribution in [1.29, 1.82) is 0 Å². The van der Waals surface area contributed by atoms with Crippen molar-refractivity contribution >= 4 is 30.9 Å². The van der Waals surface area contributed by atoms with Crippen molar-refractivity contribution in [2.45, 2.75) is 12.0 Å². The van der Waals surface area contributed by atoms with Crippen molar-refractivity contribution in [3.05, 3.63) is 89.5 Å². The molecule has 1 saturated heterocycles. The average Bonchev–Trinajstić information content (AvgIpc) is 3.11. The van der Waals surface area contributed by atoms with Crippen LogP contribution in [0.15, 0.2) is 67.0 Å². The molecule has 1 atom stereocenters. The Morgan fingerprint density at radius 2 is 1.72 bits per heavy atom. The van der Waals surface area contributed by atoms with Gasteiger partial charge in [-0.3, -0.25) is 4.98 Å². The highest BCUT2D eigenvalue weighted by Crippen LogP contribution is 2.44. The number of nitrogens with one attached hydrogen (secondary N) is 1. The number of fused-ring (bicyclic) bond motifs is 3. The largest absolute Gasteiger partial charge is 0.448 e. The highest BCUT2D eigenvalue weighted by atomic mass is 35.5. The van der Waals surface area contributed by atoms with Crippen LogP contribution in [0.4, 0.5) is 9.18 Å². The lowest BCUT2D eigenvalue weighted by Gasteiger charge is -2.33. The summed E-state index contributed by atoms with van der Waals surface area (Å²) >= 11 is 0. The minimum atomic E-state index is -0.382. The zero-order chi connectivity index (χ0) is 20.5. The molecule has 3 aromatic rings. The molecule has 1 aliphatic carbocycles. The fourth-order valence-electron chi connectivity index (χ4n) is 4.44. The summed E-state index contributed by atoms with van der Waals surface area (Å²) in [6.45, 7) is 1.88. The Kier molecular flexibility index (Phi) is 7.72. The molecular weight excluding hydrogens is 452 g/mol. The van der Waals surface area contributed by atoms with Crippen LogP contribution in [0.2, 0.25) is 0 Å². The lowest BCUT2D eigenvalue weighted by atomic mass is 9.98. The van der Waals surface area contributed by atoms with Gasteiger partial charge in [-0.05, 0) is 33.9 Å². The van der Waals surface area contributed by atoms with E-state index in [0.717, 1.165) is 5.56 Å². The molecule has 32 heavy (non-hydrogen) atoms. The third-order valence-electron chi connectivity index (χ3n) is 5.90. The van der Waals surface area contributed by atoms with Gasteiger partial charge in [0.2, 0.25) is 0 Å². The smallest absolute Gasteiger partial charge is 0.409 e. The zero-order valence-corrected chi connectivity index (χ0v) is 18.9. The van der Waals surface area contributed by atoms with E-state index in [4.69, 9.17) is 4.74 Å². The van der Waals surface area contributed by atoms with Crippen LogP contribution in [0, 0.1) is 5.82 Å². The van der Waals surface area contributed by atoms with Crippen molar-refractivity contribution < 1.29 is 13.9 Å². The molecule has 1 N–H and O–H groups in total. The van der Waals surface area contributed by atoms with Crippen LogP contribution < -0.4 is 5.32 Å². The van der Waals surface area contributed by atoms with Crippen molar-refractivity contribution in [2.24, 2.45) is 0 Å². The molecule has 8 heteroatoms. The number of rotatable bonds is 3. The molecule has 2 aromatic carbocycles. The van der Waals surface area contributed by atoms with Gasteiger partial charge in [-0.1, -0.05) is 48.5 Å². The maximum absolute atomic E-state index is 13.5. The zero-order valence-electron chi connectivity index (χ0n) is 17.2. The number of ether oxygens (including phenoxy) is 1. The average molecular weight is 476 g/mol. The predicted octanol–water partition coefficient (Wildman–Crippen LogP) is 4.96. The van der Waals surface area contributed by atoms with Crippen LogP contribution in [-0.4, -0.2) is 42.2 Å². The Bertz CT molecular complexity index is 1050. The number of piperazine rings is 1. The number of aromatic nitrogens is 1. The maximum atomic E-state index is 13.5. The van der Waals surface area contributed by atoms with E-state index in [1.165, 1.54) is 34.5 Å². The lowest BCUT2D eigenvalue weighted by molar-refractivity contribution is 0.0882. The number of amides is 1. The van der Waals surface area contributed by atoms with Gasteiger partial charge in [-0.15, -0.1) is 24.8 Å². The maximum Gasteiger partial charge on any atom is 0.409 e. The normalized spacial score (nSPS) is 16.9. The molecule has 0 spiro atoms. The Balaban J connectivity index is 0.00000144. The number of carbonyl (C=O) groups excluding carboxylic acids is 1. The van der Waals surface area contributed by atoms with Crippen molar-refractivity contribution in [2.75, 3.05) is 26.2 Å². The van der Waals surface area contributed by atoms with Crippen LogP contribution in [0.3, 0.4) is 0 Å². The fraction of sp³-hybridized carbons (Fsp3) is 0.250. The van der Waals surface area contributed by atoms with Gasteiger partial charge in [0.1, 0.15) is 12.4 Å². The predicted molar refractivity (Wildman–Crippen MR) is 126 cm³/mol. The summed E-state index contributed by atoms with van der Waals surface area (Å²) in [6.07, 6.45) is 2.46. The monoisotopic (exact) mass is 475 g/mol. The van der Waals surface area contributed by atoms with Crippen LogP contribution in [0.25, 0.3) is 11.1 Å². The molecule has 1 aromatic heterocycles. The summed E-state index contributed by atoms with van der Waals surface area (Å²) in [6, 6.07) is 17.8. The second-order valence-electron chi connectivity index (χ2n) is 7.69. The molecule has 2 heterocycles. The number of hydrogen-bond acceptors (Lipinski definition) is 4. The van der Waals surface area contributed by atoms with Gasteiger partial charge < -0.3 is 15.0 Å². The second kappa shape index (κ2) is 10.3. The molecule has 5 rings (SSSR count). The van der Waals surface area contributed by atoms with Gasteiger partial charge in [0.05, 0.1) is 12.2 Å².